The molecule has 15 heavy (non-hydrogen) atoms. The molecule has 2 N–H and O–H groups in total. The van der Waals surface area contributed by atoms with Crippen LogP contribution in [-0.2, 0) is 32.7 Å². The Morgan fingerprint density at radius 3 is 1.87 bits per heavy atom. The van der Waals surface area contributed by atoms with Crippen LogP contribution < -0.4 is 5.73 Å². The minimum absolute atomic E-state index is 0. The topological polar surface area (TPSA) is 32.5 Å². The van der Waals surface area contributed by atoms with Crippen LogP contribution in [0.5, 0.6) is 0 Å². The van der Waals surface area contributed by atoms with E-state index in [9.17, 15) is 0 Å². The summed E-state index contributed by atoms with van der Waals surface area (Å²) in [5, 5.41) is 0. The zero-order chi connectivity index (χ0) is 10.3. The Morgan fingerprint density at radius 1 is 1.20 bits per heavy atom. The summed E-state index contributed by atoms with van der Waals surface area (Å²) in [6.45, 7) is 7.05. The standard InChI is InChI=1S/C8H19N3.C2H6.CH3.Y/c1-10(2)8-3-5-11(7-9)6-4-8;1-2;;/h8H,3-7,9H2,1-2H3;1-2H3;1H3;/q;;-1;. The quantitative estimate of drug-likeness (QED) is 0.781. The van der Waals surface area contributed by atoms with Gasteiger partial charge in [-0.05, 0) is 26.9 Å². The maximum atomic E-state index is 5.54. The van der Waals surface area contributed by atoms with E-state index in [0.717, 1.165) is 12.7 Å². The zero-order valence-electron chi connectivity index (χ0n) is 11.2. The molecule has 0 aromatic rings. The van der Waals surface area contributed by atoms with Crippen molar-refractivity contribution in [2.24, 2.45) is 5.73 Å². The average Bonchev–Trinajstić information content (AvgIpc) is 2.21. The van der Waals surface area contributed by atoms with Crippen molar-refractivity contribution < 1.29 is 32.7 Å². The van der Waals surface area contributed by atoms with Gasteiger partial charge in [-0.3, -0.25) is 4.90 Å². The van der Waals surface area contributed by atoms with Gasteiger partial charge in [0.15, 0.2) is 0 Å². The molecule has 0 amide bonds. The molecule has 0 aromatic carbocycles. The Hall–Kier alpha value is 0.984. The van der Waals surface area contributed by atoms with Gasteiger partial charge in [-0.25, -0.2) is 0 Å². The van der Waals surface area contributed by atoms with E-state index in [1.54, 1.807) is 0 Å². The Labute approximate surface area is 122 Å². The van der Waals surface area contributed by atoms with Crippen LogP contribution in [0.2, 0.25) is 0 Å². The first-order valence-corrected chi connectivity index (χ1v) is 5.33. The van der Waals surface area contributed by atoms with Gasteiger partial charge >= 0.3 is 0 Å². The van der Waals surface area contributed by atoms with Crippen molar-refractivity contribution in [3.05, 3.63) is 7.43 Å². The number of hydrogen-bond donors (Lipinski definition) is 1. The second-order valence-electron chi connectivity index (χ2n) is 3.50. The summed E-state index contributed by atoms with van der Waals surface area (Å²) >= 11 is 0. The molecule has 0 spiro atoms. The molecule has 3 nitrogen and oxygen atoms in total. The van der Waals surface area contributed by atoms with Gasteiger partial charge in [-0.2, -0.15) is 0 Å². The molecule has 1 rings (SSSR count). The molecule has 1 heterocycles. The number of rotatable bonds is 2. The van der Waals surface area contributed by atoms with Gasteiger partial charge in [-0.15, -0.1) is 0 Å². The number of likely N-dealkylation sites (tertiary alicyclic amines) is 1. The molecule has 0 unspecified atom stereocenters. The van der Waals surface area contributed by atoms with Crippen LogP contribution in [0.3, 0.4) is 0 Å². The fourth-order valence-corrected chi connectivity index (χ4v) is 1.62. The van der Waals surface area contributed by atoms with E-state index < -0.39 is 0 Å². The number of nitrogens with zero attached hydrogens (tertiary/aromatic N) is 2. The Kier molecular flexibility index (Phi) is 18.5. The molecule has 91 valence electrons. The molecule has 1 saturated heterocycles. The van der Waals surface area contributed by atoms with Crippen molar-refractivity contribution in [2.45, 2.75) is 32.7 Å². The van der Waals surface area contributed by atoms with Gasteiger partial charge in [0.1, 0.15) is 0 Å². The van der Waals surface area contributed by atoms with Crippen molar-refractivity contribution in [1.29, 1.82) is 0 Å². The molecule has 1 aliphatic rings. The molecule has 0 aromatic heterocycles. The molecule has 1 radical (unpaired) electrons. The van der Waals surface area contributed by atoms with E-state index in [1.807, 2.05) is 13.8 Å². The molecule has 0 bridgehead atoms. The van der Waals surface area contributed by atoms with Gasteiger partial charge in [0.05, 0.1) is 0 Å². The molecule has 4 heteroatoms. The Morgan fingerprint density at radius 2 is 1.60 bits per heavy atom. The summed E-state index contributed by atoms with van der Waals surface area (Å²) in [4.78, 5) is 4.62. The maximum absolute atomic E-state index is 5.54. The van der Waals surface area contributed by atoms with Crippen molar-refractivity contribution in [1.82, 2.24) is 9.80 Å². The van der Waals surface area contributed by atoms with Gasteiger partial charge in [0.25, 0.3) is 0 Å². The molecule has 0 saturated carbocycles. The molecule has 0 aliphatic carbocycles. The predicted molar refractivity (Wildman–Crippen MR) is 65.1 cm³/mol. The summed E-state index contributed by atoms with van der Waals surface area (Å²) in [6, 6.07) is 0.776. The van der Waals surface area contributed by atoms with Gasteiger partial charge in [-0.1, -0.05) is 13.8 Å². The second-order valence-corrected chi connectivity index (χ2v) is 3.50. The molecule has 1 fully saturated rings. The minimum atomic E-state index is 0. The minimum Gasteiger partial charge on any atom is -0.358 e. The van der Waals surface area contributed by atoms with Crippen molar-refractivity contribution in [3.63, 3.8) is 0 Å². The van der Waals surface area contributed by atoms with Crippen LogP contribution in [0.4, 0.5) is 0 Å². The van der Waals surface area contributed by atoms with E-state index in [2.05, 4.69) is 23.9 Å². The number of piperidine rings is 1. The summed E-state index contributed by atoms with van der Waals surface area (Å²) < 4.78 is 0. The normalized spacial score (nSPS) is 17.2. The predicted octanol–water partition coefficient (Wildman–Crippen LogP) is 1.40. The fraction of sp³-hybridized carbons (Fsp3) is 0.909. The third-order valence-electron chi connectivity index (χ3n) is 2.55. The van der Waals surface area contributed by atoms with Crippen LogP contribution in [0.1, 0.15) is 26.7 Å². The summed E-state index contributed by atoms with van der Waals surface area (Å²) in [6.07, 6.45) is 2.54. The first-order valence-electron chi connectivity index (χ1n) is 5.33. The first kappa shape index (κ1) is 21.3. The zero-order valence-corrected chi connectivity index (χ0v) is 14.0. The fourth-order valence-electron chi connectivity index (χ4n) is 1.62. The van der Waals surface area contributed by atoms with Crippen LogP contribution in [0, 0.1) is 7.43 Å². The summed E-state index contributed by atoms with van der Waals surface area (Å²) in [5.74, 6) is 0. The van der Waals surface area contributed by atoms with E-state index in [0.29, 0.717) is 0 Å². The van der Waals surface area contributed by atoms with E-state index in [4.69, 9.17) is 5.73 Å². The maximum Gasteiger partial charge on any atom is 0.0455 e. The van der Waals surface area contributed by atoms with Crippen LogP contribution in [-0.4, -0.2) is 49.7 Å². The third kappa shape index (κ3) is 8.76. The number of nitrogens with two attached hydrogens (primary N) is 1. The Bertz CT molecular complexity index is 112. The van der Waals surface area contributed by atoms with Gasteiger partial charge in [0, 0.05) is 58.5 Å². The summed E-state index contributed by atoms with van der Waals surface area (Å²) in [7, 11) is 4.31. The smallest absolute Gasteiger partial charge is 0.0455 e. The van der Waals surface area contributed by atoms with Crippen LogP contribution in [0.25, 0.3) is 0 Å². The van der Waals surface area contributed by atoms with Crippen LogP contribution >= 0.6 is 0 Å². The average molecular weight is 291 g/mol. The second kappa shape index (κ2) is 13.1. The largest absolute Gasteiger partial charge is 0.358 e. The number of hydrogen-bond acceptors (Lipinski definition) is 3. The monoisotopic (exact) mass is 291 g/mol. The SMILES string of the molecule is CC.CN(C)C1CCN(CN)CC1.[CH3-].[Y]. The first-order chi connectivity index (χ1) is 6.24. The van der Waals surface area contributed by atoms with E-state index in [1.165, 1.54) is 25.9 Å². The van der Waals surface area contributed by atoms with Crippen molar-refractivity contribution in [2.75, 3.05) is 33.9 Å². The van der Waals surface area contributed by atoms with Crippen molar-refractivity contribution >= 4 is 0 Å². The van der Waals surface area contributed by atoms with Crippen molar-refractivity contribution in [3.8, 4) is 0 Å². The van der Waals surface area contributed by atoms with Crippen LogP contribution in [0.15, 0.2) is 0 Å². The van der Waals surface area contributed by atoms with Gasteiger partial charge in [0.2, 0.25) is 0 Å². The molecular formula is C11H28N3Y-. The van der Waals surface area contributed by atoms with E-state index >= 15 is 0 Å². The Balaban J connectivity index is -0.000000339. The molecule has 1 aliphatic heterocycles. The van der Waals surface area contributed by atoms with E-state index in [-0.39, 0.29) is 40.1 Å². The summed E-state index contributed by atoms with van der Waals surface area (Å²) in [5.41, 5.74) is 5.54. The molecule has 0 atom stereocenters. The third-order valence-corrected chi connectivity index (χ3v) is 2.55. The van der Waals surface area contributed by atoms with Gasteiger partial charge < -0.3 is 18.1 Å². The molecular weight excluding hydrogens is 263 g/mol.